The van der Waals surface area contributed by atoms with E-state index in [4.69, 9.17) is 11.6 Å². The highest BCUT2D eigenvalue weighted by molar-refractivity contribution is 6.30. The monoisotopic (exact) mass is 252 g/mol. The molecule has 0 aliphatic heterocycles. The largest absolute Gasteiger partial charge is 0.391 e. The van der Waals surface area contributed by atoms with Crippen molar-refractivity contribution in [2.75, 3.05) is 0 Å². The van der Waals surface area contributed by atoms with Gasteiger partial charge in [-0.3, -0.25) is 0 Å². The Labute approximate surface area is 104 Å². The van der Waals surface area contributed by atoms with Gasteiger partial charge in [-0.25, -0.2) is 9.97 Å². The quantitative estimate of drug-likeness (QED) is 0.907. The third-order valence-corrected chi connectivity index (χ3v) is 2.79. The molecule has 0 spiro atoms. The van der Waals surface area contributed by atoms with Gasteiger partial charge in [0.05, 0.1) is 12.3 Å². The Morgan fingerprint density at radius 1 is 1.35 bits per heavy atom. The van der Waals surface area contributed by atoms with Crippen LogP contribution in [0.15, 0.2) is 18.5 Å². The highest BCUT2D eigenvalue weighted by atomic mass is 35.5. The average molecular weight is 253 g/mol. The van der Waals surface area contributed by atoms with Crippen molar-refractivity contribution in [2.45, 2.75) is 26.4 Å². The second kappa shape index (κ2) is 4.81. The van der Waals surface area contributed by atoms with Gasteiger partial charge >= 0.3 is 0 Å². The van der Waals surface area contributed by atoms with Gasteiger partial charge in [0.15, 0.2) is 0 Å². The van der Waals surface area contributed by atoms with E-state index in [1.165, 1.54) is 4.68 Å². The molecule has 2 aromatic heterocycles. The lowest BCUT2D eigenvalue weighted by Crippen LogP contribution is -2.02. The molecule has 0 atom stereocenters. The molecule has 0 amide bonds. The molecule has 0 aliphatic rings. The van der Waals surface area contributed by atoms with Gasteiger partial charge in [0, 0.05) is 18.0 Å². The maximum atomic E-state index is 9.33. The minimum Gasteiger partial charge on any atom is -0.391 e. The predicted molar refractivity (Wildman–Crippen MR) is 64.2 cm³/mol. The fourth-order valence-electron chi connectivity index (χ4n) is 1.59. The normalized spacial score (nSPS) is 11.1. The molecule has 2 aromatic rings. The zero-order valence-electron chi connectivity index (χ0n) is 9.63. The van der Waals surface area contributed by atoms with E-state index in [2.05, 4.69) is 15.1 Å². The minimum absolute atomic E-state index is 0.140. The zero-order valence-corrected chi connectivity index (χ0v) is 10.4. The summed E-state index contributed by atoms with van der Waals surface area (Å²) >= 11 is 6.17. The van der Waals surface area contributed by atoms with Gasteiger partial charge in [-0.15, -0.1) is 0 Å². The van der Waals surface area contributed by atoms with Gasteiger partial charge in [-0.2, -0.15) is 9.78 Å². The summed E-state index contributed by atoms with van der Waals surface area (Å²) in [6.45, 7) is 3.85. The molecule has 0 radical (unpaired) electrons. The number of nitrogens with zero attached hydrogens (tertiary/aromatic N) is 4. The third-order valence-electron chi connectivity index (χ3n) is 2.40. The summed E-state index contributed by atoms with van der Waals surface area (Å²) in [5.41, 5.74) is 1.40. The van der Waals surface area contributed by atoms with Crippen LogP contribution in [-0.4, -0.2) is 24.9 Å². The first-order valence-corrected chi connectivity index (χ1v) is 5.68. The van der Waals surface area contributed by atoms with Crippen LogP contribution >= 0.6 is 11.6 Å². The van der Waals surface area contributed by atoms with Gasteiger partial charge in [-0.05, 0) is 12.0 Å². The van der Waals surface area contributed by atoms with Crippen LogP contribution in [0.1, 0.15) is 31.0 Å². The van der Waals surface area contributed by atoms with Crippen molar-refractivity contribution in [2.24, 2.45) is 0 Å². The molecule has 0 fully saturated rings. The number of hydrogen-bond acceptors (Lipinski definition) is 4. The van der Waals surface area contributed by atoms with E-state index in [1.807, 2.05) is 13.8 Å². The lowest BCUT2D eigenvalue weighted by Gasteiger charge is -2.01. The molecule has 2 rings (SSSR count). The van der Waals surface area contributed by atoms with Gasteiger partial charge in [-0.1, -0.05) is 25.4 Å². The number of rotatable bonds is 3. The average Bonchev–Trinajstić information content (AvgIpc) is 2.67. The zero-order chi connectivity index (χ0) is 12.4. The molecule has 0 unspecified atom stereocenters. The van der Waals surface area contributed by atoms with Crippen LogP contribution < -0.4 is 0 Å². The van der Waals surface area contributed by atoms with Crippen LogP contribution in [0, 0.1) is 0 Å². The van der Waals surface area contributed by atoms with Gasteiger partial charge in [0.2, 0.25) is 0 Å². The Morgan fingerprint density at radius 3 is 2.47 bits per heavy atom. The first-order chi connectivity index (χ1) is 8.15. The lowest BCUT2D eigenvalue weighted by molar-refractivity contribution is 0.280. The van der Waals surface area contributed by atoms with Crippen LogP contribution in [0.25, 0.3) is 5.95 Å². The molecule has 6 heteroatoms. The molecular weight excluding hydrogens is 240 g/mol. The van der Waals surface area contributed by atoms with Crippen molar-refractivity contribution in [3.05, 3.63) is 34.9 Å². The van der Waals surface area contributed by atoms with Crippen molar-refractivity contribution < 1.29 is 5.11 Å². The Morgan fingerprint density at radius 2 is 2.00 bits per heavy atom. The van der Waals surface area contributed by atoms with Crippen molar-refractivity contribution in [3.8, 4) is 5.95 Å². The lowest BCUT2D eigenvalue weighted by atomic mass is 10.1. The second-order valence-corrected chi connectivity index (χ2v) is 4.29. The highest BCUT2D eigenvalue weighted by Crippen LogP contribution is 2.27. The van der Waals surface area contributed by atoms with E-state index in [0.29, 0.717) is 16.7 Å². The fraction of sp³-hybridized carbons (Fsp3) is 0.364. The van der Waals surface area contributed by atoms with E-state index in [9.17, 15) is 5.11 Å². The molecule has 0 saturated heterocycles. The Balaban J connectivity index is 2.57. The van der Waals surface area contributed by atoms with Crippen LogP contribution in [-0.2, 0) is 6.61 Å². The molecule has 0 saturated carbocycles. The number of hydrogen-bond donors (Lipinski definition) is 1. The number of aliphatic hydroxyl groups excluding tert-OH is 1. The third kappa shape index (κ3) is 2.16. The molecule has 0 aromatic carbocycles. The van der Waals surface area contributed by atoms with Crippen molar-refractivity contribution in [3.63, 3.8) is 0 Å². The summed E-state index contributed by atoms with van der Waals surface area (Å²) in [4.78, 5) is 8.16. The molecule has 5 nitrogen and oxygen atoms in total. The maximum absolute atomic E-state index is 9.33. The smallest absolute Gasteiger partial charge is 0.251 e. The predicted octanol–water partition coefficient (Wildman–Crippen LogP) is 1.93. The van der Waals surface area contributed by atoms with Gasteiger partial charge < -0.3 is 5.11 Å². The highest BCUT2D eigenvalue weighted by Gasteiger charge is 2.19. The molecule has 90 valence electrons. The second-order valence-electron chi connectivity index (χ2n) is 3.93. The fourth-order valence-corrected chi connectivity index (χ4v) is 1.86. The molecule has 0 aliphatic carbocycles. The first-order valence-electron chi connectivity index (χ1n) is 5.30. The van der Waals surface area contributed by atoms with Crippen LogP contribution in [0.5, 0.6) is 0 Å². The Bertz CT molecular complexity index is 510. The van der Waals surface area contributed by atoms with Crippen molar-refractivity contribution in [1.29, 1.82) is 0 Å². The minimum atomic E-state index is -0.140. The van der Waals surface area contributed by atoms with E-state index < -0.39 is 0 Å². The number of aromatic nitrogens is 4. The van der Waals surface area contributed by atoms with Crippen LogP contribution in [0.4, 0.5) is 0 Å². The summed E-state index contributed by atoms with van der Waals surface area (Å²) < 4.78 is 1.45. The first kappa shape index (κ1) is 12.0. The van der Waals surface area contributed by atoms with Crippen LogP contribution in [0.3, 0.4) is 0 Å². The summed E-state index contributed by atoms with van der Waals surface area (Å²) in [7, 11) is 0. The van der Waals surface area contributed by atoms with E-state index in [0.717, 1.165) is 5.69 Å². The van der Waals surface area contributed by atoms with Crippen molar-refractivity contribution >= 4 is 11.6 Å². The number of halogens is 1. The molecule has 1 N–H and O–H groups in total. The summed E-state index contributed by atoms with van der Waals surface area (Å²) in [5, 5.41) is 14.0. The summed E-state index contributed by atoms with van der Waals surface area (Å²) in [5.74, 6) is 0.582. The number of aliphatic hydroxyl groups is 1. The Kier molecular flexibility index (Phi) is 3.40. The summed E-state index contributed by atoms with van der Waals surface area (Å²) in [6, 6.07) is 1.72. The van der Waals surface area contributed by atoms with Crippen molar-refractivity contribution in [1.82, 2.24) is 19.7 Å². The molecular formula is C11H13ClN4O. The Hall–Kier alpha value is -1.46. The van der Waals surface area contributed by atoms with E-state index >= 15 is 0 Å². The molecule has 0 bridgehead atoms. The van der Waals surface area contributed by atoms with Gasteiger partial charge in [0.1, 0.15) is 5.15 Å². The van der Waals surface area contributed by atoms with Gasteiger partial charge in [0.25, 0.3) is 5.95 Å². The van der Waals surface area contributed by atoms with E-state index in [1.54, 1.807) is 18.5 Å². The standard InChI is InChI=1S/C11H13ClN4O/c1-7(2)9-8(6-17)10(12)16(15-9)11-13-4-3-5-14-11/h3-5,7,17H,6H2,1-2H3. The maximum Gasteiger partial charge on any atom is 0.251 e. The van der Waals surface area contributed by atoms with Crippen LogP contribution in [0.2, 0.25) is 5.15 Å². The molecule has 2 heterocycles. The SMILES string of the molecule is CC(C)c1nn(-c2ncccn2)c(Cl)c1CO. The topological polar surface area (TPSA) is 63.8 Å². The van der Waals surface area contributed by atoms with E-state index in [-0.39, 0.29) is 12.5 Å². The summed E-state index contributed by atoms with van der Waals surface area (Å²) in [6.07, 6.45) is 3.24. The molecule has 17 heavy (non-hydrogen) atoms.